The Morgan fingerprint density at radius 3 is 2.66 bits per heavy atom. The number of nitrogens with zero attached hydrogens (tertiary/aromatic N) is 2. The molecule has 2 aromatic carbocycles. The highest BCUT2D eigenvalue weighted by atomic mass is 16.5. The number of hydrogen-bond acceptors (Lipinski definition) is 4. The van der Waals surface area contributed by atoms with E-state index in [1.807, 2.05) is 31.2 Å². The molecule has 3 rings (SSSR count). The monoisotopic (exact) mass is 393 g/mol. The fourth-order valence-electron chi connectivity index (χ4n) is 3.12. The van der Waals surface area contributed by atoms with Crippen molar-refractivity contribution in [3.8, 4) is 5.75 Å². The van der Waals surface area contributed by atoms with Gasteiger partial charge in [0.15, 0.2) is 0 Å². The summed E-state index contributed by atoms with van der Waals surface area (Å²) < 4.78 is 7.13. The van der Waals surface area contributed by atoms with Crippen molar-refractivity contribution < 1.29 is 9.53 Å². The Balaban J connectivity index is 1.45. The fourth-order valence-corrected chi connectivity index (χ4v) is 3.12. The van der Waals surface area contributed by atoms with E-state index < -0.39 is 0 Å². The minimum Gasteiger partial charge on any atom is -0.492 e. The summed E-state index contributed by atoms with van der Waals surface area (Å²) >= 11 is 0. The molecule has 1 heterocycles. The summed E-state index contributed by atoms with van der Waals surface area (Å²) in [6.45, 7) is 7.31. The summed E-state index contributed by atoms with van der Waals surface area (Å²) in [5.41, 5.74) is 2.80. The smallest absolute Gasteiger partial charge is 0.261 e. The molecule has 1 aromatic heterocycles. The van der Waals surface area contributed by atoms with E-state index in [2.05, 4.69) is 36.3 Å². The second kappa shape index (κ2) is 9.37. The lowest BCUT2D eigenvalue weighted by atomic mass is 10.0. The number of nitrogens with one attached hydrogen (secondary N) is 1. The van der Waals surface area contributed by atoms with Crippen molar-refractivity contribution in [2.75, 3.05) is 13.2 Å². The molecular formula is C23H27N3O3. The van der Waals surface area contributed by atoms with Crippen LogP contribution in [0, 0.1) is 6.92 Å². The van der Waals surface area contributed by atoms with E-state index in [9.17, 15) is 9.59 Å². The van der Waals surface area contributed by atoms with E-state index in [4.69, 9.17) is 4.74 Å². The Kier molecular flexibility index (Phi) is 6.65. The standard InChI is InChI=1S/C23H27N3O3/c1-16(2)18-7-9-19(10-8-18)29-14-12-24-21(27)11-13-26-15-25-22-17(3)5-4-6-20(22)23(26)28/h4-10,15-16H,11-14H2,1-3H3,(H,24,27). The maximum atomic E-state index is 12.5. The normalized spacial score (nSPS) is 11.0. The zero-order valence-corrected chi connectivity index (χ0v) is 17.1. The molecule has 6 nitrogen and oxygen atoms in total. The van der Waals surface area contributed by atoms with Gasteiger partial charge in [-0.1, -0.05) is 38.1 Å². The van der Waals surface area contributed by atoms with Gasteiger partial charge in [-0.25, -0.2) is 4.98 Å². The molecule has 0 saturated carbocycles. The SMILES string of the molecule is Cc1cccc2c(=O)n(CCC(=O)NCCOc3ccc(C(C)C)cc3)cnc12. The lowest BCUT2D eigenvalue weighted by Gasteiger charge is -2.10. The van der Waals surface area contributed by atoms with Crippen LogP contribution in [0.4, 0.5) is 0 Å². The van der Waals surface area contributed by atoms with Gasteiger partial charge in [-0.3, -0.25) is 14.2 Å². The van der Waals surface area contributed by atoms with Crippen molar-refractivity contribution in [1.82, 2.24) is 14.9 Å². The summed E-state index contributed by atoms with van der Waals surface area (Å²) in [5.74, 6) is 1.14. The maximum absolute atomic E-state index is 12.5. The number of amides is 1. The van der Waals surface area contributed by atoms with E-state index in [1.54, 1.807) is 6.07 Å². The molecule has 0 saturated heterocycles. The zero-order valence-electron chi connectivity index (χ0n) is 17.1. The second-order valence-corrected chi connectivity index (χ2v) is 7.39. The van der Waals surface area contributed by atoms with Crippen LogP contribution in [0.25, 0.3) is 10.9 Å². The van der Waals surface area contributed by atoms with Crippen LogP contribution in [0.15, 0.2) is 53.6 Å². The molecule has 0 aliphatic rings. The number of aromatic nitrogens is 2. The maximum Gasteiger partial charge on any atom is 0.261 e. The number of ether oxygens (including phenoxy) is 1. The van der Waals surface area contributed by atoms with Gasteiger partial charge < -0.3 is 10.1 Å². The van der Waals surface area contributed by atoms with E-state index in [1.165, 1.54) is 16.5 Å². The molecule has 1 amide bonds. The molecule has 0 aliphatic carbocycles. The first-order valence-electron chi connectivity index (χ1n) is 9.90. The molecule has 0 radical (unpaired) electrons. The number of para-hydroxylation sites is 1. The average molecular weight is 393 g/mol. The Morgan fingerprint density at radius 2 is 1.93 bits per heavy atom. The van der Waals surface area contributed by atoms with Crippen molar-refractivity contribution in [3.63, 3.8) is 0 Å². The van der Waals surface area contributed by atoms with E-state index in [0.717, 1.165) is 11.3 Å². The van der Waals surface area contributed by atoms with Crippen LogP contribution >= 0.6 is 0 Å². The molecule has 0 unspecified atom stereocenters. The minimum absolute atomic E-state index is 0.125. The predicted octanol–water partition coefficient (Wildman–Crippen LogP) is 3.41. The fraction of sp³-hybridized carbons (Fsp3) is 0.348. The Labute approximate surface area is 170 Å². The molecule has 0 atom stereocenters. The van der Waals surface area contributed by atoms with Gasteiger partial charge in [0.1, 0.15) is 12.4 Å². The first-order valence-corrected chi connectivity index (χ1v) is 9.90. The Morgan fingerprint density at radius 1 is 1.17 bits per heavy atom. The van der Waals surface area contributed by atoms with Gasteiger partial charge in [-0.05, 0) is 42.2 Å². The van der Waals surface area contributed by atoms with Crippen LogP contribution in [0.5, 0.6) is 5.75 Å². The quantitative estimate of drug-likeness (QED) is 0.595. The van der Waals surface area contributed by atoms with Gasteiger partial charge in [-0.2, -0.15) is 0 Å². The van der Waals surface area contributed by atoms with Crippen LogP contribution in [0.2, 0.25) is 0 Å². The number of benzene rings is 2. The molecule has 0 spiro atoms. The lowest BCUT2D eigenvalue weighted by Crippen LogP contribution is -2.30. The van der Waals surface area contributed by atoms with Crippen molar-refractivity contribution in [3.05, 3.63) is 70.3 Å². The largest absolute Gasteiger partial charge is 0.492 e. The van der Waals surface area contributed by atoms with Gasteiger partial charge >= 0.3 is 0 Å². The van der Waals surface area contributed by atoms with Gasteiger partial charge in [0.2, 0.25) is 5.91 Å². The van der Waals surface area contributed by atoms with Crippen molar-refractivity contribution in [2.45, 2.75) is 39.7 Å². The molecule has 0 aliphatic heterocycles. The lowest BCUT2D eigenvalue weighted by molar-refractivity contribution is -0.121. The third-order valence-electron chi connectivity index (χ3n) is 4.87. The summed E-state index contributed by atoms with van der Waals surface area (Å²) in [4.78, 5) is 29.0. The zero-order chi connectivity index (χ0) is 20.8. The number of aryl methyl sites for hydroxylation is 2. The van der Waals surface area contributed by atoms with Gasteiger partial charge in [0.25, 0.3) is 5.56 Å². The van der Waals surface area contributed by atoms with Gasteiger partial charge in [0, 0.05) is 13.0 Å². The van der Waals surface area contributed by atoms with E-state index in [0.29, 0.717) is 36.5 Å². The molecule has 3 aromatic rings. The van der Waals surface area contributed by atoms with Crippen LogP contribution in [0.1, 0.15) is 37.3 Å². The summed E-state index contributed by atoms with van der Waals surface area (Å²) in [5, 5.41) is 3.39. The van der Waals surface area contributed by atoms with Gasteiger partial charge in [0.05, 0.1) is 23.8 Å². The van der Waals surface area contributed by atoms with E-state index >= 15 is 0 Å². The van der Waals surface area contributed by atoms with Crippen molar-refractivity contribution >= 4 is 16.8 Å². The molecule has 6 heteroatoms. The summed E-state index contributed by atoms with van der Waals surface area (Å²) in [6, 6.07) is 13.5. The Hall–Kier alpha value is -3.15. The van der Waals surface area contributed by atoms with Crippen LogP contribution < -0.4 is 15.6 Å². The topological polar surface area (TPSA) is 73.2 Å². The summed E-state index contributed by atoms with van der Waals surface area (Å²) in [6.07, 6.45) is 1.72. The number of rotatable bonds is 8. The van der Waals surface area contributed by atoms with Gasteiger partial charge in [-0.15, -0.1) is 0 Å². The van der Waals surface area contributed by atoms with E-state index in [-0.39, 0.29) is 17.9 Å². The summed E-state index contributed by atoms with van der Waals surface area (Å²) in [7, 11) is 0. The highest BCUT2D eigenvalue weighted by Gasteiger charge is 2.08. The number of carbonyl (C=O) groups is 1. The molecule has 152 valence electrons. The molecular weight excluding hydrogens is 366 g/mol. The number of hydrogen-bond donors (Lipinski definition) is 1. The predicted molar refractivity (Wildman–Crippen MR) is 114 cm³/mol. The first kappa shape index (κ1) is 20.6. The second-order valence-electron chi connectivity index (χ2n) is 7.39. The highest BCUT2D eigenvalue weighted by molar-refractivity contribution is 5.80. The van der Waals surface area contributed by atoms with Crippen LogP contribution in [-0.4, -0.2) is 28.6 Å². The average Bonchev–Trinajstić information content (AvgIpc) is 2.71. The third-order valence-corrected chi connectivity index (χ3v) is 4.87. The molecule has 0 fully saturated rings. The van der Waals surface area contributed by atoms with Crippen molar-refractivity contribution in [2.24, 2.45) is 0 Å². The minimum atomic E-state index is -0.125. The number of fused-ring (bicyclic) bond motifs is 1. The van der Waals surface area contributed by atoms with Crippen molar-refractivity contribution in [1.29, 1.82) is 0 Å². The molecule has 29 heavy (non-hydrogen) atoms. The van der Waals surface area contributed by atoms with Crippen LogP contribution in [0.3, 0.4) is 0 Å². The molecule has 1 N–H and O–H groups in total. The highest BCUT2D eigenvalue weighted by Crippen LogP contribution is 2.18. The first-order chi connectivity index (χ1) is 14.0. The van der Waals surface area contributed by atoms with Crippen LogP contribution in [-0.2, 0) is 11.3 Å². The third kappa shape index (κ3) is 5.22. The molecule has 0 bridgehead atoms. The number of carbonyl (C=O) groups excluding carboxylic acids is 1. The Bertz CT molecular complexity index is 1040.